The number of nitrogens with zero attached hydrogens (tertiary/aromatic N) is 1. The van der Waals surface area contributed by atoms with Crippen LogP contribution in [0.25, 0.3) is 6.08 Å². The Morgan fingerprint density at radius 3 is 2.39 bits per heavy atom. The lowest BCUT2D eigenvalue weighted by Crippen LogP contribution is -2.27. The fourth-order valence-electron chi connectivity index (χ4n) is 2.35. The molecule has 1 atom stereocenters. The van der Waals surface area contributed by atoms with E-state index in [1.165, 1.54) is 6.08 Å². The molecule has 8 heteroatoms. The Hall–Kier alpha value is -2.13. The minimum absolute atomic E-state index is 0.0198. The summed E-state index contributed by atoms with van der Waals surface area (Å²) < 4.78 is 6.66. The Balaban J connectivity index is 2.20. The van der Waals surface area contributed by atoms with Crippen molar-refractivity contribution in [3.63, 3.8) is 0 Å². The van der Waals surface area contributed by atoms with Gasteiger partial charge >= 0.3 is 5.97 Å². The van der Waals surface area contributed by atoms with Crippen LogP contribution in [-0.4, -0.2) is 23.6 Å². The highest BCUT2D eigenvalue weighted by atomic mass is 127. The molecule has 2 rings (SSSR count). The summed E-state index contributed by atoms with van der Waals surface area (Å²) in [6.07, 6.45) is 1.50. The topological polar surface area (TPSA) is 99.4 Å². The van der Waals surface area contributed by atoms with Crippen LogP contribution >= 0.6 is 45.2 Å². The van der Waals surface area contributed by atoms with Crippen molar-refractivity contribution in [2.24, 2.45) is 0 Å². The molecule has 28 heavy (non-hydrogen) atoms. The van der Waals surface area contributed by atoms with E-state index in [0.29, 0.717) is 18.5 Å². The van der Waals surface area contributed by atoms with Crippen molar-refractivity contribution in [3.05, 3.63) is 66.3 Å². The fourth-order valence-corrected chi connectivity index (χ4v) is 4.48. The third kappa shape index (κ3) is 6.20. The average molecular weight is 602 g/mol. The van der Waals surface area contributed by atoms with Gasteiger partial charge in [0.2, 0.25) is 0 Å². The smallest absolute Gasteiger partial charge is 0.341 e. The molecule has 6 nitrogen and oxygen atoms in total. The summed E-state index contributed by atoms with van der Waals surface area (Å²) in [5.41, 5.74) is 1.57. The lowest BCUT2D eigenvalue weighted by Gasteiger charge is -2.14. The predicted octanol–water partition coefficient (Wildman–Crippen LogP) is 4.14. The molecule has 2 aromatic carbocycles. The minimum Gasteiger partial charge on any atom is -0.480 e. The molecule has 0 bridgehead atoms. The Labute approximate surface area is 189 Å². The van der Waals surface area contributed by atoms with Gasteiger partial charge in [-0.2, -0.15) is 5.26 Å². The standard InChI is InChI=1S/C20H16I2N2O4/c1-12(14-5-3-2-4-6-14)24-20(27)15(10-23)7-13-8-16(21)19(17(22)9-13)28-11-18(25)26/h2-9,12H,11H2,1H3,(H,24,27)(H,25,26)/b15-7-/t12-/m0/s1. The van der Waals surface area contributed by atoms with Crippen molar-refractivity contribution >= 4 is 63.1 Å². The monoisotopic (exact) mass is 602 g/mol. The number of amides is 1. The number of carbonyl (C=O) groups is 2. The normalized spacial score (nSPS) is 12.0. The first-order valence-corrected chi connectivity index (χ1v) is 10.3. The molecule has 0 spiro atoms. The van der Waals surface area contributed by atoms with Gasteiger partial charge in [-0.1, -0.05) is 30.3 Å². The molecule has 0 fully saturated rings. The van der Waals surface area contributed by atoms with E-state index >= 15 is 0 Å². The van der Waals surface area contributed by atoms with Crippen molar-refractivity contribution < 1.29 is 19.4 Å². The second-order valence-corrected chi connectivity index (χ2v) is 8.10. The van der Waals surface area contributed by atoms with Gasteiger partial charge in [0.15, 0.2) is 6.61 Å². The number of nitrogens with one attached hydrogen (secondary N) is 1. The van der Waals surface area contributed by atoms with Gasteiger partial charge in [-0.05, 0) is 81.4 Å². The van der Waals surface area contributed by atoms with E-state index in [9.17, 15) is 14.9 Å². The lowest BCUT2D eigenvalue weighted by atomic mass is 10.1. The maximum Gasteiger partial charge on any atom is 0.341 e. The Morgan fingerprint density at radius 2 is 1.86 bits per heavy atom. The number of carboxylic acids is 1. The number of hydrogen-bond acceptors (Lipinski definition) is 4. The summed E-state index contributed by atoms with van der Waals surface area (Å²) in [5.74, 6) is -1.07. The second kappa shape index (κ2) is 10.4. The van der Waals surface area contributed by atoms with Gasteiger partial charge in [-0.15, -0.1) is 0 Å². The summed E-state index contributed by atoms with van der Waals surface area (Å²) in [4.78, 5) is 23.2. The van der Waals surface area contributed by atoms with Crippen molar-refractivity contribution in [1.82, 2.24) is 5.32 Å². The molecule has 0 aliphatic rings. The van der Waals surface area contributed by atoms with Gasteiger partial charge in [0, 0.05) is 0 Å². The zero-order valence-electron chi connectivity index (χ0n) is 14.8. The van der Waals surface area contributed by atoms with Crippen molar-refractivity contribution in [2.75, 3.05) is 6.61 Å². The largest absolute Gasteiger partial charge is 0.480 e. The van der Waals surface area contributed by atoms with E-state index < -0.39 is 18.5 Å². The maximum atomic E-state index is 12.5. The molecule has 144 valence electrons. The van der Waals surface area contributed by atoms with E-state index in [-0.39, 0.29) is 11.6 Å². The highest BCUT2D eigenvalue weighted by Crippen LogP contribution is 2.30. The van der Waals surface area contributed by atoms with E-state index in [0.717, 1.165) is 5.56 Å². The molecular formula is C20H16I2N2O4. The van der Waals surface area contributed by atoms with Gasteiger partial charge in [-0.25, -0.2) is 4.79 Å². The molecule has 2 aromatic rings. The van der Waals surface area contributed by atoms with Crippen LogP contribution in [0, 0.1) is 18.5 Å². The van der Waals surface area contributed by atoms with E-state index in [1.54, 1.807) is 12.1 Å². The van der Waals surface area contributed by atoms with E-state index in [1.807, 2.05) is 88.5 Å². The van der Waals surface area contributed by atoms with Crippen LogP contribution < -0.4 is 10.1 Å². The first-order chi connectivity index (χ1) is 13.3. The molecule has 0 radical (unpaired) electrons. The van der Waals surface area contributed by atoms with E-state index in [4.69, 9.17) is 9.84 Å². The molecule has 1 amide bonds. The van der Waals surface area contributed by atoms with Gasteiger partial charge < -0.3 is 15.2 Å². The van der Waals surface area contributed by atoms with Crippen LogP contribution in [0.4, 0.5) is 0 Å². The number of ether oxygens (including phenoxy) is 1. The van der Waals surface area contributed by atoms with Gasteiger partial charge in [0.1, 0.15) is 17.4 Å². The molecule has 0 aromatic heterocycles. The molecule has 0 aliphatic carbocycles. The molecule has 2 N–H and O–H groups in total. The Bertz CT molecular complexity index is 929. The van der Waals surface area contributed by atoms with Crippen LogP contribution in [0.2, 0.25) is 0 Å². The zero-order chi connectivity index (χ0) is 20.7. The van der Waals surface area contributed by atoms with Crippen molar-refractivity contribution in [2.45, 2.75) is 13.0 Å². The summed E-state index contributed by atoms with van der Waals surface area (Å²) in [5, 5.41) is 21.0. The van der Waals surface area contributed by atoms with E-state index in [2.05, 4.69) is 5.32 Å². The third-order valence-electron chi connectivity index (χ3n) is 3.68. The zero-order valence-corrected chi connectivity index (χ0v) is 19.1. The number of rotatable bonds is 7. The number of nitriles is 1. The van der Waals surface area contributed by atoms with Crippen molar-refractivity contribution in [3.8, 4) is 11.8 Å². The average Bonchev–Trinajstić information content (AvgIpc) is 2.65. The number of benzene rings is 2. The van der Waals surface area contributed by atoms with Gasteiger partial charge in [-0.3, -0.25) is 4.79 Å². The second-order valence-electron chi connectivity index (χ2n) is 5.77. The van der Waals surface area contributed by atoms with Crippen LogP contribution in [-0.2, 0) is 9.59 Å². The van der Waals surface area contributed by atoms with Crippen LogP contribution in [0.5, 0.6) is 5.75 Å². The lowest BCUT2D eigenvalue weighted by molar-refractivity contribution is -0.139. The summed E-state index contributed by atoms with van der Waals surface area (Å²) in [7, 11) is 0. The van der Waals surface area contributed by atoms with Crippen LogP contribution in [0.15, 0.2) is 48.0 Å². The number of hydrogen-bond donors (Lipinski definition) is 2. The van der Waals surface area contributed by atoms with Gasteiger partial charge in [0.25, 0.3) is 5.91 Å². The summed E-state index contributed by atoms with van der Waals surface area (Å²) in [6.45, 7) is 1.41. The molecule has 0 aliphatic heterocycles. The highest BCUT2D eigenvalue weighted by molar-refractivity contribution is 14.1. The predicted molar refractivity (Wildman–Crippen MR) is 122 cm³/mol. The van der Waals surface area contributed by atoms with Crippen molar-refractivity contribution in [1.29, 1.82) is 5.26 Å². The summed E-state index contributed by atoms with van der Waals surface area (Å²) in [6, 6.07) is 14.6. The highest BCUT2D eigenvalue weighted by Gasteiger charge is 2.15. The quantitative estimate of drug-likeness (QED) is 0.282. The Kier molecular flexibility index (Phi) is 8.25. The molecule has 0 heterocycles. The molecule has 0 saturated carbocycles. The Morgan fingerprint density at radius 1 is 1.25 bits per heavy atom. The first kappa shape index (κ1) is 22.2. The molecule has 0 saturated heterocycles. The SMILES string of the molecule is C[C@H](NC(=O)/C(C#N)=C\c1cc(I)c(OCC(=O)O)c(I)c1)c1ccccc1. The number of aliphatic carboxylic acids is 1. The summed E-state index contributed by atoms with van der Waals surface area (Å²) >= 11 is 4.05. The van der Waals surface area contributed by atoms with Gasteiger partial charge in [0.05, 0.1) is 13.2 Å². The van der Waals surface area contributed by atoms with Crippen LogP contribution in [0.1, 0.15) is 24.1 Å². The maximum absolute atomic E-state index is 12.5. The van der Waals surface area contributed by atoms with Crippen LogP contribution in [0.3, 0.4) is 0 Å². The number of carbonyl (C=O) groups excluding carboxylic acids is 1. The minimum atomic E-state index is -1.06. The molecule has 0 unspecified atom stereocenters. The number of halogens is 2. The number of carboxylic acid groups (broad SMARTS) is 1. The molecular weight excluding hydrogens is 586 g/mol. The first-order valence-electron chi connectivity index (χ1n) is 8.13. The fraction of sp³-hybridized carbons (Fsp3) is 0.150. The third-order valence-corrected chi connectivity index (χ3v) is 5.29.